The van der Waals surface area contributed by atoms with Crippen molar-refractivity contribution in [2.24, 2.45) is 0 Å². The van der Waals surface area contributed by atoms with E-state index in [1.54, 1.807) is 48.5 Å². The molecule has 2 aromatic carbocycles. The fraction of sp³-hybridized carbons (Fsp3) is 0.174. The molecule has 0 amide bonds. The predicted molar refractivity (Wildman–Crippen MR) is 114 cm³/mol. The highest BCUT2D eigenvalue weighted by molar-refractivity contribution is 5.85. The number of para-hydroxylation sites is 1. The summed E-state index contributed by atoms with van der Waals surface area (Å²) in [5.74, 6) is -1.51. The molecule has 1 atom stereocenters. The maximum Gasteiger partial charge on any atom is 0.343 e. The average molecular weight is 421 g/mol. The van der Waals surface area contributed by atoms with Crippen LogP contribution in [0.25, 0.3) is 21.9 Å². The van der Waals surface area contributed by atoms with Crippen LogP contribution in [0.2, 0.25) is 0 Å². The largest absolute Gasteiger partial charge is 0.507 e. The van der Waals surface area contributed by atoms with Crippen molar-refractivity contribution in [1.82, 2.24) is 4.98 Å². The normalized spacial score (nSPS) is 12.1. The molecule has 8 heteroatoms. The highest BCUT2D eigenvalue weighted by Gasteiger charge is 2.29. The first-order chi connectivity index (χ1) is 14.9. The Morgan fingerprint density at radius 2 is 1.90 bits per heavy atom. The molecule has 8 nitrogen and oxygen atoms in total. The minimum Gasteiger partial charge on any atom is -0.507 e. The van der Waals surface area contributed by atoms with Gasteiger partial charge in [-0.1, -0.05) is 12.1 Å². The molecule has 0 aliphatic heterocycles. The molecule has 0 aliphatic rings. The van der Waals surface area contributed by atoms with E-state index in [-0.39, 0.29) is 28.9 Å². The molecular weight excluding hydrogens is 402 g/mol. The number of ether oxygens (including phenoxy) is 2. The Morgan fingerprint density at radius 3 is 2.65 bits per heavy atom. The summed E-state index contributed by atoms with van der Waals surface area (Å²) in [6.45, 7) is 0. The Labute approximate surface area is 175 Å². The van der Waals surface area contributed by atoms with Crippen LogP contribution in [0.5, 0.6) is 11.5 Å². The monoisotopic (exact) mass is 421 g/mol. The van der Waals surface area contributed by atoms with Crippen molar-refractivity contribution in [3.63, 3.8) is 0 Å². The van der Waals surface area contributed by atoms with Gasteiger partial charge in [-0.15, -0.1) is 0 Å². The number of hydrogen-bond acceptors (Lipinski definition) is 7. The number of methoxy groups -OCH3 is 2. The van der Waals surface area contributed by atoms with Crippen LogP contribution in [0, 0.1) is 0 Å². The van der Waals surface area contributed by atoms with Gasteiger partial charge in [0.25, 0.3) is 5.56 Å². The van der Waals surface area contributed by atoms with E-state index in [0.29, 0.717) is 22.0 Å². The van der Waals surface area contributed by atoms with Crippen molar-refractivity contribution in [3.8, 4) is 11.5 Å². The fourth-order valence-corrected chi connectivity index (χ4v) is 3.66. The summed E-state index contributed by atoms with van der Waals surface area (Å²) in [5.41, 5.74) is -0.654. The first kappa shape index (κ1) is 20.2. The molecule has 0 fully saturated rings. The molecule has 2 N–H and O–H groups in total. The number of esters is 1. The van der Waals surface area contributed by atoms with Gasteiger partial charge < -0.3 is 24.0 Å². The third-order valence-electron chi connectivity index (χ3n) is 5.22. The number of aromatic nitrogens is 1. The minimum atomic E-state index is -1.09. The van der Waals surface area contributed by atoms with Gasteiger partial charge >= 0.3 is 11.6 Å². The quantitative estimate of drug-likeness (QED) is 0.375. The SMILES string of the molecule is COC(=O)CC(c1cc2cc(OC)ccc2[nH]c1=O)c1c(O)c2ccccc2oc1=O. The smallest absolute Gasteiger partial charge is 0.343 e. The molecule has 0 bridgehead atoms. The number of hydrogen-bond donors (Lipinski definition) is 2. The molecule has 1 unspecified atom stereocenters. The molecule has 2 aromatic heterocycles. The van der Waals surface area contributed by atoms with Crippen LogP contribution >= 0.6 is 0 Å². The van der Waals surface area contributed by atoms with Crippen LogP contribution in [0.1, 0.15) is 23.5 Å². The third kappa shape index (κ3) is 3.63. The molecule has 4 aromatic rings. The highest BCUT2D eigenvalue weighted by Crippen LogP contribution is 2.36. The highest BCUT2D eigenvalue weighted by atomic mass is 16.5. The van der Waals surface area contributed by atoms with E-state index in [9.17, 15) is 19.5 Å². The van der Waals surface area contributed by atoms with Gasteiger partial charge in [0.05, 0.1) is 31.6 Å². The van der Waals surface area contributed by atoms with Gasteiger partial charge in [0, 0.05) is 22.4 Å². The van der Waals surface area contributed by atoms with E-state index in [2.05, 4.69) is 4.98 Å². The van der Waals surface area contributed by atoms with E-state index in [1.165, 1.54) is 14.2 Å². The molecule has 31 heavy (non-hydrogen) atoms. The van der Waals surface area contributed by atoms with E-state index in [1.807, 2.05) is 0 Å². The number of benzene rings is 2. The number of aromatic hydroxyl groups is 1. The summed E-state index contributed by atoms with van der Waals surface area (Å²) in [6, 6.07) is 13.1. The zero-order valence-corrected chi connectivity index (χ0v) is 16.8. The van der Waals surface area contributed by atoms with Crippen LogP contribution in [-0.4, -0.2) is 30.3 Å². The maximum atomic E-state index is 12.9. The van der Waals surface area contributed by atoms with E-state index in [4.69, 9.17) is 13.9 Å². The van der Waals surface area contributed by atoms with E-state index >= 15 is 0 Å². The molecule has 0 saturated carbocycles. The summed E-state index contributed by atoms with van der Waals surface area (Å²) in [4.78, 5) is 40.6. The van der Waals surface area contributed by atoms with Gasteiger partial charge in [-0.25, -0.2) is 4.79 Å². The second-order valence-corrected chi connectivity index (χ2v) is 6.99. The summed E-state index contributed by atoms with van der Waals surface area (Å²) in [6.07, 6.45) is -0.342. The molecule has 0 spiro atoms. The van der Waals surface area contributed by atoms with Crippen molar-refractivity contribution in [2.45, 2.75) is 12.3 Å². The Balaban J connectivity index is 2.00. The molecular formula is C23H19NO7. The van der Waals surface area contributed by atoms with E-state index < -0.39 is 23.1 Å². The maximum absolute atomic E-state index is 12.9. The molecule has 2 heterocycles. The van der Waals surface area contributed by atoms with Gasteiger partial charge in [-0.3, -0.25) is 9.59 Å². The van der Waals surface area contributed by atoms with E-state index in [0.717, 1.165) is 0 Å². The lowest BCUT2D eigenvalue weighted by atomic mass is 9.88. The Hall–Kier alpha value is -4.07. The number of aromatic amines is 1. The number of pyridine rings is 1. The summed E-state index contributed by atoms with van der Waals surface area (Å²) in [7, 11) is 2.73. The zero-order valence-electron chi connectivity index (χ0n) is 16.8. The Bertz CT molecular complexity index is 1420. The van der Waals surface area contributed by atoms with Crippen LogP contribution in [-0.2, 0) is 9.53 Å². The molecule has 0 radical (unpaired) electrons. The number of H-pyrrole nitrogens is 1. The van der Waals surface area contributed by atoms with Gasteiger partial charge in [-0.2, -0.15) is 0 Å². The lowest BCUT2D eigenvalue weighted by molar-refractivity contribution is -0.140. The van der Waals surface area contributed by atoms with Gasteiger partial charge in [-0.05, 0) is 36.4 Å². The summed E-state index contributed by atoms with van der Waals surface area (Å²) >= 11 is 0. The average Bonchev–Trinajstić information content (AvgIpc) is 2.77. The second-order valence-electron chi connectivity index (χ2n) is 6.99. The predicted octanol–water partition coefficient (Wildman–Crippen LogP) is 3.04. The lowest BCUT2D eigenvalue weighted by Crippen LogP contribution is -2.24. The fourth-order valence-electron chi connectivity index (χ4n) is 3.66. The van der Waals surface area contributed by atoms with Gasteiger partial charge in [0.1, 0.15) is 17.1 Å². The number of fused-ring (bicyclic) bond motifs is 2. The van der Waals surface area contributed by atoms with Crippen molar-refractivity contribution in [3.05, 3.63) is 80.4 Å². The van der Waals surface area contributed by atoms with Gasteiger partial charge in [0.15, 0.2) is 0 Å². The Morgan fingerprint density at radius 1 is 1.13 bits per heavy atom. The third-order valence-corrected chi connectivity index (χ3v) is 5.22. The molecule has 0 saturated heterocycles. The minimum absolute atomic E-state index is 0.115. The number of carbonyl (C=O) groups excluding carboxylic acids is 1. The molecule has 4 rings (SSSR count). The topological polar surface area (TPSA) is 119 Å². The van der Waals surface area contributed by atoms with Gasteiger partial charge in [0.2, 0.25) is 0 Å². The number of carbonyl (C=O) groups is 1. The van der Waals surface area contributed by atoms with Crippen LogP contribution < -0.4 is 15.9 Å². The lowest BCUT2D eigenvalue weighted by Gasteiger charge is -2.17. The van der Waals surface area contributed by atoms with Crippen LogP contribution in [0.3, 0.4) is 0 Å². The van der Waals surface area contributed by atoms with Crippen LogP contribution in [0.4, 0.5) is 0 Å². The second kappa shape index (κ2) is 7.98. The molecule has 158 valence electrons. The van der Waals surface area contributed by atoms with Crippen molar-refractivity contribution in [1.29, 1.82) is 0 Å². The zero-order chi connectivity index (χ0) is 22.1. The molecule has 0 aliphatic carbocycles. The standard InChI is InChI=1S/C23H19NO7/c1-29-13-7-8-17-12(9-13)10-16(22(27)24-17)15(11-19(25)30-2)20-21(26)14-5-3-4-6-18(14)31-23(20)28/h3-10,15,26H,11H2,1-2H3,(H,24,27). The van der Waals surface area contributed by atoms with Crippen LogP contribution in [0.15, 0.2) is 62.5 Å². The first-order valence-electron chi connectivity index (χ1n) is 9.45. The van der Waals surface area contributed by atoms with Crippen molar-refractivity contribution >= 4 is 27.8 Å². The number of rotatable bonds is 5. The van der Waals surface area contributed by atoms with Crippen molar-refractivity contribution in [2.75, 3.05) is 14.2 Å². The summed E-state index contributed by atoms with van der Waals surface area (Å²) in [5, 5.41) is 11.8. The Kier molecular flexibility index (Phi) is 5.21. The summed E-state index contributed by atoms with van der Waals surface area (Å²) < 4.78 is 15.4. The van der Waals surface area contributed by atoms with Crippen molar-refractivity contribution < 1.29 is 23.8 Å². The first-order valence-corrected chi connectivity index (χ1v) is 9.45. The number of nitrogens with one attached hydrogen (secondary N) is 1.